The molecule has 1 N–H and O–H groups in total. The maximum atomic E-state index is 5.22. The first kappa shape index (κ1) is 15.5. The molecule has 1 atom stereocenters. The van der Waals surface area contributed by atoms with Crippen LogP contribution in [0.1, 0.15) is 47.0 Å². The summed E-state index contributed by atoms with van der Waals surface area (Å²) in [7, 11) is 0. The fourth-order valence-electron chi connectivity index (χ4n) is 2.00. The van der Waals surface area contributed by atoms with Gasteiger partial charge in [0, 0.05) is 18.6 Å². The summed E-state index contributed by atoms with van der Waals surface area (Å²) in [6, 6.07) is 1.17. The molecule has 2 heteroatoms. The van der Waals surface area contributed by atoms with E-state index in [1.165, 1.54) is 25.8 Å². The Bertz CT molecular complexity index is 193. The lowest BCUT2D eigenvalue weighted by Gasteiger charge is -2.32. The maximum absolute atomic E-state index is 5.22. The summed E-state index contributed by atoms with van der Waals surface area (Å²) in [4.78, 5) is 2.55. The molecule has 0 aromatic rings. The van der Waals surface area contributed by atoms with Gasteiger partial charge in [0.1, 0.15) is 0 Å². The number of nitrogens with one attached hydrogen (secondary N) is 1. The number of hydrogen-bond acceptors (Lipinski definition) is 2. The van der Waals surface area contributed by atoms with E-state index < -0.39 is 0 Å². The zero-order valence-corrected chi connectivity index (χ0v) is 11.4. The molecule has 2 nitrogen and oxygen atoms in total. The SMILES string of the molecule is C#CCNCC(C)N(CCCCC)C(C)C. The molecule has 0 radical (unpaired) electrons. The van der Waals surface area contributed by atoms with Gasteiger partial charge < -0.3 is 5.32 Å². The second kappa shape index (κ2) is 9.69. The van der Waals surface area contributed by atoms with E-state index in [1.54, 1.807) is 0 Å². The summed E-state index contributed by atoms with van der Waals surface area (Å²) >= 11 is 0. The van der Waals surface area contributed by atoms with E-state index in [1.807, 2.05) is 0 Å². The molecule has 94 valence electrons. The average Bonchev–Trinajstić information content (AvgIpc) is 2.24. The van der Waals surface area contributed by atoms with Gasteiger partial charge in [-0.1, -0.05) is 25.7 Å². The highest BCUT2D eigenvalue weighted by Gasteiger charge is 2.15. The van der Waals surface area contributed by atoms with Crippen molar-refractivity contribution in [3.63, 3.8) is 0 Å². The van der Waals surface area contributed by atoms with Gasteiger partial charge in [0.05, 0.1) is 6.54 Å². The number of terminal acetylenes is 1. The van der Waals surface area contributed by atoms with E-state index in [4.69, 9.17) is 6.42 Å². The summed E-state index contributed by atoms with van der Waals surface area (Å²) in [5.74, 6) is 2.61. The van der Waals surface area contributed by atoms with Crippen LogP contribution in [0.5, 0.6) is 0 Å². The molecule has 16 heavy (non-hydrogen) atoms. The van der Waals surface area contributed by atoms with Crippen molar-refractivity contribution in [1.82, 2.24) is 10.2 Å². The third kappa shape index (κ3) is 6.87. The van der Waals surface area contributed by atoms with Crippen molar-refractivity contribution >= 4 is 0 Å². The first-order chi connectivity index (χ1) is 7.63. The van der Waals surface area contributed by atoms with E-state index in [0.29, 0.717) is 18.6 Å². The number of unbranched alkanes of at least 4 members (excludes halogenated alkanes) is 2. The van der Waals surface area contributed by atoms with Gasteiger partial charge in [-0.25, -0.2) is 0 Å². The molecule has 0 spiro atoms. The lowest BCUT2D eigenvalue weighted by molar-refractivity contribution is 0.159. The first-order valence-corrected chi connectivity index (χ1v) is 6.53. The van der Waals surface area contributed by atoms with Crippen LogP contribution in [0.25, 0.3) is 0 Å². The summed E-state index contributed by atoms with van der Waals surface area (Å²) < 4.78 is 0. The van der Waals surface area contributed by atoms with Gasteiger partial charge in [-0.05, 0) is 33.7 Å². The summed E-state index contributed by atoms with van der Waals surface area (Å²) in [5.41, 5.74) is 0. The minimum absolute atomic E-state index is 0.560. The molecule has 0 aliphatic carbocycles. The molecule has 0 saturated carbocycles. The third-order valence-electron chi connectivity index (χ3n) is 2.92. The van der Waals surface area contributed by atoms with E-state index in [2.05, 4.69) is 43.8 Å². The second-order valence-electron chi connectivity index (χ2n) is 4.72. The molecule has 0 heterocycles. The smallest absolute Gasteiger partial charge is 0.0574 e. The lowest BCUT2D eigenvalue weighted by Crippen LogP contribution is -2.44. The van der Waals surface area contributed by atoms with Gasteiger partial charge >= 0.3 is 0 Å². The first-order valence-electron chi connectivity index (χ1n) is 6.53. The Balaban J connectivity index is 3.93. The van der Waals surface area contributed by atoms with Crippen molar-refractivity contribution < 1.29 is 0 Å². The van der Waals surface area contributed by atoms with Crippen molar-refractivity contribution in [2.45, 2.75) is 59.0 Å². The minimum atomic E-state index is 0.560. The van der Waals surface area contributed by atoms with Gasteiger partial charge in [-0.15, -0.1) is 6.42 Å². The van der Waals surface area contributed by atoms with Crippen LogP contribution in [0.15, 0.2) is 0 Å². The molecule has 0 aliphatic heterocycles. The van der Waals surface area contributed by atoms with Crippen molar-refractivity contribution in [1.29, 1.82) is 0 Å². The van der Waals surface area contributed by atoms with Crippen LogP contribution in [0, 0.1) is 12.3 Å². The van der Waals surface area contributed by atoms with Gasteiger partial charge in [0.2, 0.25) is 0 Å². The van der Waals surface area contributed by atoms with Crippen LogP contribution in [0.3, 0.4) is 0 Å². The zero-order chi connectivity index (χ0) is 12.4. The highest BCUT2D eigenvalue weighted by molar-refractivity contribution is 4.87. The fourth-order valence-corrected chi connectivity index (χ4v) is 2.00. The number of hydrogen-bond donors (Lipinski definition) is 1. The normalized spacial score (nSPS) is 13.1. The topological polar surface area (TPSA) is 15.3 Å². The Morgan fingerprint density at radius 3 is 2.44 bits per heavy atom. The van der Waals surface area contributed by atoms with Crippen molar-refractivity contribution in [3.05, 3.63) is 0 Å². The van der Waals surface area contributed by atoms with Gasteiger partial charge in [0.25, 0.3) is 0 Å². The van der Waals surface area contributed by atoms with Crippen molar-refractivity contribution in [2.75, 3.05) is 19.6 Å². The average molecular weight is 224 g/mol. The molecule has 0 fully saturated rings. The maximum Gasteiger partial charge on any atom is 0.0574 e. The van der Waals surface area contributed by atoms with Gasteiger partial charge in [0.15, 0.2) is 0 Å². The van der Waals surface area contributed by atoms with E-state index >= 15 is 0 Å². The summed E-state index contributed by atoms with van der Waals surface area (Å²) in [6.07, 6.45) is 9.14. The predicted molar refractivity (Wildman–Crippen MR) is 72.5 cm³/mol. The van der Waals surface area contributed by atoms with Gasteiger partial charge in [-0.3, -0.25) is 4.90 Å². The van der Waals surface area contributed by atoms with E-state index in [0.717, 1.165) is 6.54 Å². The Morgan fingerprint density at radius 1 is 1.25 bits per heavy atom. The Labute approximate surface area is 102 Å². The molecule has 0 aromatic heterocycles. The summed E-state index contributed by atoms with van der Waals surface area (Å²) in [6.45, 7) is 11.9. The molecule has 0 aromatic carbocycles. The predicted octanol–water partition coefficient (Wildman–Crippen LogP) is 2.50. The van der Waals surface area contributed by atoms with Crippen LogP contribution in [0.4, 0.5) is 0 Å². The largest absolute Gasteiger partial charge is 0.305 e. The Hall–Kier alpha value is -0.520. The Kier molecular flexibility index (Phi) is 9.37. The third-order valence-corrected chi connectivity index (χ3v) is 2.92. The van der Waals surface area contributed by atoms with Crippen LogP contribution in [-0.4, -0.2) is 36.6 Å². The molecule has 0 amide bonds. The molecular weight excluding hydrogens is 196 g/mol. The molecule has 1 unspecified atom stereocenters. The summed E-state index contributed by atoms with van der Waals surface area (Å²) in [5, 5.41) is 3.28. The molecular formula is C14H28N2. The lowest BCUT2D eigenvalue weighted by atomic mass is 10.1. The molecule has 0 bridgehead atoms. The quantitative estimate of drug-likeness (QED) is 0.478. The van der Waals surface area contributed by atoms with Crippen LogP contribution >= 0.6 is 0 Å². The number of rotatable bonds is 9. The second-order valence-corrected chi connectivity index (χ2v) is 4.72. The highest BCUT2D eigenvalue weighted by atomic mass is 15.2. The standard InChI is InChI=1S/C14H28N2/c1-6-8-9-11-16(13(3)4)14(5)12-15-10-7-2/h2,13-15H,6,8-12H2,1,3-5H3. The zero-order valence-electron chi connectivity index (χ0n) is 11.4. The molecule has 0 aliphatic rings. The monoisotopic (exact) mass is 224 g/mol. The van der Waals surface area contributed by atoms with E-state index in [9.17, 15) is 0 Å². The van der Waals surface area contributed by atoms with Crippen molar-refractivity contribution in [2.24, 2.45) is 0 Å². The van der Waals surface area contributed by atoms with Crippen LogP contribution in [0.2, 0.25) is 0 Å². The molecule has 0 saturated heterocycles. The molecule has 0 rings (SSSR count). The number of nitrogens with zero attached hydrogens (tertiary/aromatic N) is 1. The van der Waals surface area contributed by atoms with Crippen LogP contribution in [-0.2, 0) is 0 Å². The van der Waals surface area contributed by atoms with Crippen LogP contribution < -0.4 is 5.32 Å². The minimum Gasteiger partial charge on any atom is -0.305 e. The van der Waals surface area contributed by atoms with Crippen molar-refractivity contribution in [3.8, 4) is 12.3 Å². The fraction of sp³-hybridized carbons (Fsp3) is 0.857. The van der Waals surface area contributed by atoms with Gasteiger partial charge in [-0.2, -0.15) is 0 Å². The Morgan fingerprint density at radius 2 is 1.94 bits per heavy atom. The highest BCUT2D eigenvalue weighted by Crippen LogP contribution is 2.07. The van der Waals surface area contributed by atoms with E-state index in [-0.39, 0.29) is 0 Å².